The highest BCUT2D eigenvalue weighted by atomic mass is 32.1. The summed E-state index contributed by atoms with van der Waals surface area (Å²) in [7, 11) is 1.95. The summed E-state index contributed by atoms with van der Waals surface area (Å²) in [6, 6.07) is 16.7. The van der Waals surface area contributed by atoms with E-state index in [9.17, 15) is 4.39 Å². The van der Waals surface area contributed by atoms with E-state index in [4.69, 9.17) is 18.0 Å². The maximum Gasteiger partial charge on any atom is 0.127 e. The lowest BCUT2D eigenvalue weighted by molar-refractivity contribution is 0.318. The standard InChI is InChI=1S/C17H19FN2S/c1-20(11-14-9-5-6-10-16(14)18)12-15(17(19)21)13-7-3-2-4-8-13/h2-10,15H,11-12H2,1H3,(H2,19,21). The Hall–Kier alpha value is -1.78. The van der Waals surface area contributed by atoms with Gasteiger partial charge in [0.1, 0.15) is 5.82 Å². The smallest absolute Gasteiger partial charge is 0.127 e. The second-order valence-corrected chi connectivity index (χ2v) is 5.63. The molecule has 2 aromatic carbocycles. The average molecular weight is 302 g/mol. The van der Waals surface area contributed by atoms with Crippen molar-refractivity contribution in [2.75, 3.05) is 13.6 Å². The number of benzene rings is 2. The Morgan fingerprint density at radius 2 is 1.76 bits per heavy atom. The summed E-state index contributed by atoms with van der Waals surface area (Å²) in [5.74, 6) is -0.214. The molecule has 110 valence electrons. The summed E-state index contributed by atoms with van der Waals surface area (Å²) in [6.07, 6.45) is 0. The minimum absolute atomic E-state index is 0.0297. The van der Waals surface area contributed by atoms with Gasteiger partial charge < -0.3 is 10.6 Å². The number of rotatable bonds is 6. The average Bonchev–Trinajstić information content (AvgIpc) is 2.48. The molecule has 2 rings (SSSR count). The molecule has 0 aliphatic heterocycles. The Kier molecular flexibility index (Phi) is 5.42. The van der Waals surface area contributed by atoms with Crippen LogP contribution in [0.25, 0.3) is 0 Å². The lowest BCUT2D eigenvalue weighted by atomic mass is 9.98. The third-order valence-corrected chi connectivity index (χ3v) is 3.72. The highest BCUT2D eigenvalue weighted by Crippen LogP contribution is 2.18. The highest BCUT2D eigenvalue weighted by Gasteiger charge is 2.17. The minimum atomic E-state index is -0.184. The van der Waals surface area contributed by atoms with Gasteiger partial charge in [0.25, 0.3) is 0 Å². The summed E-state index contributed by atoms with van der Waals surface area (Å²) in [5.41, 5.74) is 7.64. The Morgan fingerprint density at radius 1 is 1.14 bits per heavy atom. The molecule has 0 bridgehead atoms. The van der Waals surface area contributed by atoms with E-state index >= 15 is 0 Å². The van der Waals surface area contributed by atoms with Gasteiger partial charge in [0, 0.05) is 24.6 Å². The van der Waals surface area contributed by atoms with Crippen molar-refractivity contribution < 1.29 is 4.39 Å². The quantitative estimate of drug-likeness (QED) is 0.830. The van der Waals surface area contributed by atoms with Crippen molar-refractivity contribution in [3.05, 3.63) is 71.5 Å². The van der Waals surface area contributed by atoms with Gasteiger partial charge in [-0.3, -0.25) is 0 Å². The van der Waals surface area contributed by atoms with E-state index in [1.807, 2.05) is 48.3 Å². The van der Waals surface area contributed by atoms with Gasteiger partial charge in [0.15, 0.2) is 0 Å². The number of nitrogens with two attached hydrogens (primary N) is 1. The van der Waals surface area contributed by atoms with Gasteiger partial charge in [-0.05, 0) is 18.7 Å². The monoisotopic (exact) mass is 302 g/mol. The summed E-state index contributed by atoms with van der Waals surface area (Å²) < 4.78 is 13.7. The molecule has 0 saturated carbocycles. The van der Waals surface area contributed by atoms with Gasteiger partial charge in [0.05, 0.1) is 4.99 Å². The van der Waals surface area contributed by atoms with Gasteiger partial charge in [-0.2, -0.15) is 0 Å². The molecule has 0 spiro atoms. The first-order chi connectivity index (χ1) is 10.1. The number of hydrogen-bond donors (Lipinski definition) is 1. The fourth-order valence-corrected chi connectivity index (χ4v) is 2.55. The summed E-state index contributed by atoms with van der Waals surface area (Å²) in [4.78, 5) is 2.50. The van der Waals surface area contributed by atoms with E-state index in [2.05, 4.69) is 0 Å². The summed E-state index contributed by atoms with van der Waals surface area (Å²) in [5, 5.41) is 0. The van der Waals surface area contributed by atoms with Gasteiger partial charge in [-0.15, -0.1) is 0 Å². The van der Waals surface area contributed by atoms with Crippen LogP contribution in [-0.2, 0) is 6.54 Å². The molecule has 1 unspecified atom stereocenters. The number of halogens is 1. The fourth-order valence-electron chi connectivity index (χ4n) is 2.34. The first-order valence-electron chi connectivity index (χ1n) is 6.84. The molecule has 0 heterocycles. The molecule has 1 atom stereocenters. The summed E-state index contributed by atoms with van der Waals surface area (Å²) >= 11 is 5.18. The van der Waals surface area contributed by atoms with E-state index in [0.717, 1.165) is 5.56 Å². The normalized spacial score (nSPS) is 12.3. The van der Waals surface area contributed by atoms with Crippen LogP contribution in [0.5, 0.6) is 0 Å². The molecule has 2 N–H and O–H groups in total. The molecule has 2 nitrogen and oxygen atoms in total. The number of hydrogen-bond acceptors (Lipinski definition) is 2. The maximum absolute atomic E-state index is 13.7. The van der Waals surface area contributed by atoms with E-state index in [1.165, 1.54) is 6.07 Å². The van der Waals surface area contributed by atoms with E-state index in [1.54, 1.807) is 12.1 Å². The predicted octanol–water partition coefficient (Wildman–Crippen LogP) is 3.33. The molecule has 4 heteroatoms. The van der Waals surface area contributed by atoms with Crippen LogP contribution in [0.4, 0.5) is 4.39 Å². The first-order valence-corrected chi connectivity index (χ1v) is 7.25. The molecule has 0 radical (unpaired) electrons. The Labute approximate surface area is 130 Å². The van der Waals surface area contributed by atoms with Crippen LogP contribution in [0.2, 0.25) is 0 Å². The summed E-state index contributed by atoms with van der Waals surface area (Å²) in [6.45, 7) is 1.19. The third-order valence-electron chi connectivity index (χ3n) is 3.44. The van der Waals surface area contributed by atoms with Crippen LogP contribution in [0.1, 0.15) is 17.0 Å². The molecule has 0 aliphatic rings. The topological polar surface area (TPSA) is 29.3 Å². The van der Waals surface area contributed by atoms with Crippen LogP contribution in [-0.4, -0.2) is 23.5 Å². The van der Waals surface area contributed by atoms with Crippen LogP contribution in [0, 0.1) is 5.82 Å². The second kappa shape index (κ2) is 7.29. The zero-order valence-electron chi connectivity index (χ0n) is 12.0. The molecule has 0 amide bonds. The van der Waals surface area contributed by atoms with Gasteiger partial charge in [-0.1, -0.05) is 60.7 Å². The van der Waals surface area contributed by atoms with E-state index in [-0.39, 0.29) is 11.7 Å². The zero-order valence-corrected chi connectivity index (χ0v) is 12.8. The van der Waals surface area contributed by atoms with Gasteiger partial charge in [-0.25, -0.2) is 4.39 Å². The van der Waals surface area contributed by atoms with Crippen LogP contribution >= 0.6 is 12.2 Å². The van der Waals surface area contributed by atoms with Crippen molar-refractivity contribution in [1.82, 2.24) is 4.90 Å². The minimum Gasteiger partial charge on any atom is -0.393 e. The van der Waals surface area contributed by atoms with E-state index < -0.39 is 0 Å². The van der Waals surface area contributed by atoms with Crippen molar-refractivity contribution in [3.8, 4) is 0 Å². The SMILES string of the molecule is CN(Cc1ccccc1F)CC(C(N)=S)c1ccccc1. The van der Waals surface area contributed by atoms with Crippen molar-refractivity contribution in [2.24, 2.45) is 5.73 Å². The Balaban J connectivity index is 2.07. The lowest BCUT2D eigenvalue weighted by Crippen LogP contribution is -2.31. The predicted molar refractivity (Wildman–Crippen MR) is 88.7 cm³/mol. The Morgan fingerprint density at radius 3 is 2.38 bits per heavy atom. The van der Waals surface area contributed by atoms with Crippen LogP contribution in [0.3, 0.4) is 0 Å². The second-order valence-electron chi connectivity index (χ2n) is 5.15. The molecule has 2 aromatic rings. The van der Waals surface area contributed by atoms with Gasteiger partial charge >= 0.3 is 0 Å². The number of thiocarbonyl (C=S) groups is 1. The van der Waals surface area contributed by atoms with Crippen molar-refractivity contribution in [3.63, 3.8) is 0 Å². The van der Waals surface area contributed by atoms with Crippen molar-refractivity contribution >= 4 is 17.2 Å². The third kappa shape index (κ3) is 4.34. The number of likely N-dealkylation sites (N-methyl/N-ethyl adjacent to an activating group) is 1. The van der Waals surface area contributed by atoms with Gasteiger partial charge in [0.2, 0.25) is 0 Å². The molecular weight excluding hydrogens is 283 g/mol. The molecule has 0 saturated heterocycles. The fraction of sp³-hybridized carbons (Fsp3) is 0.235. The highest BCUT2D eigenvalue weighted by molar-refractivity contribution is 7.80. The van der Waals surface area contributed by atoms with Crippen LogP contribution < -0.4 is 5.73 Å². The molecule has 0 aliphatic carbocycles. The Bertz CT molecular complexity index is 601. The number of nitrogens with zero attached hydrogens (tertiary/aromatic N) is 1. The first kappa shape index (κ1) is 15.6. The zero-order chi connectivity index (χ0) is 15.2. The molecule has 0 fully saturated rings. The van der Waals surface area contributed by atoms with E-state index in [0.29, 0.717) is 23.6 Å². The van der Waals surface area contributed by atoms with Crippen LogP contribution in [0.15, 0.2) is 54.6 Å². The molecular formula is C17H19FN2S. The molecule has 0 aromatic heterocycles. The maximum atomic E-state index is 13.7. The largest absolute Gasteiger partial charge is 0.393 e. The van der Waals surface area contributed by atoms with Crippen molar-refractivity contribution in [2.45, 2.75) is 12.5 Å². The lowest BCUT2D eigenvalue weighted by Gasteiger charge is -2.24. The molecule has 21 heavy (non-hydrogen) atoms. The van der Waals surface area contributed by atoms with Crippen molar-refractivity contribution in [1.29, 1.82) is 0 Å².